The number of nitrogens with two attached hydrogens (primary N) is 2. The average Bonchev–Trinajstić information content (AvgIpc) is 3.90. The highest BCUT2D eigenvalue weighted by molar-refractivity contribution is 5.99. The normalized spacial score (nSPS) is 14.4. The summed E-state index contributed by atoms with van der Waals surface area (Å²) in [6.07, 6.45) is -1.40. The number of hydrogen-bond acceptors (Lipinski definition) is 19. The standard InChI is InChI=1S/C46H60N12O20/c47-26(9-10-35(48)64)38(69)51-27(11-21-1-5-24(62)6-2-21)39(70)53-30(15-37(67)68)42(73)56-33(18-60)44(75)58-34(19-61)45(76)57-32(17-59)43(74)54-29(14-36(65)66)41(72)52-28(13-23-16-49-20-50-23)40(71)55-31(46(77)78)12-22-3-7-25(63)8-4-22/h1-8,16,20,26-34,59-63H,9-15,17-19,47H2,(H2,48,64)(H,49,50)(H,51,69)(H,52,72)(H,53,70)(H,54,74)(H,55,71)(H,56,73)(H,57,76)(H,58,75)(H,65,66)(H,67,68)(H,77,78)/t26-,27-,28-,29-,30-,31-,32-,33-,34-/m0/s1. The number of nitrogens with zero attached hydrogens (tertiary/aromatic N) is 1. The first-order valence-corrected chi connectivity index (χ1v) is 23.3. The molecule has 0 saturated heterocycles. The highest BCUT2D eigenvalue weighted by Gasteiger charge is 2.36. The number of phenols is 2. The first-order valence-electron chi connectivity index (χ1n) is 23.3. The van der Waals surface area contributed by atoms with Gasteiger partial charge in [0.1, 0.15) is 59.8 Å². The highest BCUT2D eigenvalue weighted by atomic mass is 16.4. The third-order valence-corrected chi connectivity index (χ3v) is 11.1. The number of carbonyl (C=O) groups is 12. The number of aromatic nitrogens is 2. The molecule has 0 fully saturated rings. The van der Waals surface area contributed by atoms with Gasteiger partial charge in [-0.25, -0.2) is 9.78 Å². The predicted molar refractivity (Wildman–Crippen MR) is 261 cm³/mol. The molecule has 0 saturated carbocycles. The number of nitrogens with one attached hydrogen (secondary N) is 9. The van der Waals surface area contributed by atoms with E-state index in [0.717, 1.165) is 0 Å². The number of carboxylic acid groups (broad SMARTS) is 3. The zero-order chi connectivity index (χ0) is 58.2. The van der Waals surface area contributed by atoms with E-state index in [1.807, 2.05) is 21.3 Å². The van der Waals surface area contributed by atoms with Crippen LogP contribution in [0.5, 0.6) is 11.5 Å². The highest BCUT2D eigenvalue weighted by Crippen LogP contribution is 2.14. The number of phenolic OH excluding ortho intramolecular Hbond substituents is 2. The van der Waals surface area contributed by atoms with Gasteiger partial charge in [0.15, 0.2) is 0 Å². The van der Waals surface area contributed by atoms with Gasteiger partial charge in [-0.2, -0.15) is 0 Å². The van der Waals surface area contributed by atoms with Crippen LogP contribution in [0.3, 0.4) is 0 Å². The van der Waals surface area contributed by atoms with Gasteiger partial charge in [-0.15, -0.1) is 0 Å². The second-order valence-corrected chi connectivity index (χ2v) is 17.2. The molecule has 0 radical (unpaired) electrons. The van der Waals surface area contributed by atoms with Crippen LogP contribution in [-0.2, 0) is 76.8 Å². The van der Waals surface area contributed by atoms with Gasteiger partial charge in [-0.3, -0.25) is 52.7 Å². The Morgan fingerprint density at radius 1 is 0.474 bits per heavy atom. The number of carboxylic acids is 3. The lowest BCUT2D eigenvalue weighted by Gasteiger charge is -2.26. The third-order valence-electron chi connectivity index (χ3n) is 11.1. The lowest BCUT2D eigenvalue weighted by atomic mass is 10.0. The van der Waals surface area contributed by atoms with E-state index in [1.54, 1.807) is 0 Å². The van der Waals surface area contributed by atoms with Gasteiger partial charge in [0.05, 0.1) is 45.0 Å². The van der Waals surface area contributed by atoms with E-state index in [4.69, 9.17) is 11.5 Å². The van der Waals surface area contributed by atoms with Gasteiger partial charge >= 0.3 is 17.9 Å². The van der Waals surface area contributed by atoms with E-state index < -0.39 is 158 Å². The minimum atomic E-state index is -2.07. The smallest absolute Gasteiger partial charge is 0.326 e. The van der Waals surface area contributed by atoms with Gasteiger partial charge in [-0.05, 0) is 41.8 Å². The Hall–Kier alpha value is -9.27. The minimum absolute atomic E-state index is 0.117. The molecule has 2 aromatic carbocycles. The number of aliphatic carboxylic acids is 3. The fourth-order valence-electron chi connectivity index (χ4n) is 6.93. The summed E-state index contributed by atoms with van der Waals surface area (Å²) in [5.74, 6) is -16.2. The van der Waals surface area contributed by atoms with Crippen molar-refractivity contribution in [1.82, 2.24) is 52.5 Å². The number of benzene rings is 2. The molecular weight excluding hydrogens is 1040 g/mol. The van der Waals surface area contributed by atoms with Gasteiger partial charge in [0.25, 0.3) is 0 Å². The van der Waals surface area contributed by atoms with Crippen LogP contribution in [0.4, 0.5) is 0 Å². The Bertz CT molecular complexity index is 2600. The van der Waals surface area contributed by atoms with Crippen molar-refractivity contribution in [3.05, 3.63) is 77.9 Å². The van der Waals surface area contributed by atoms with Crippen molar-refractivity contribution in [2.75, 3.05) is 19.8 Å². The molecule has 9 atom stereocenters. The summed E-state index contributed by atoms with van der Waals surface area (Å²) in [6, 6.07) is -5.92. The summed E-state index contributed by atoms with van der Waals surface area (Å²) in [7, 11) is 0. The van der Waals surface area contributed by atoms with Crippen molar-refractivity contribution in [1.29, 1.82) is 0 Å². The van der Waals surface area contributed by atoms with E-state index in [2.05, 4.69) is 31.2 Å². The molecular formula is C46H60N12O20. The van der Waals surface area contributed by atoms with E-state index in [1.165, 1.54) is 61.1 Å². The third kappa shape index (κ3) is 21.2. The molecule has 1 aromatic heterocycles. The summed E-state index contributed by atoms with van der Waals surface area (Å²) in [5, 5.41) is 95.4. The summed E-state index contributed by atoms with van der Waals surface area (Å²) >= 11 is 0. The van der Waals surface area contributed by atoms with Crippen molar-refractivity contribution in [2.24, 2.45) is 11.5 Å². The number of rotatable bonds is 33. The first kappa shape index (κ1) is 63.0. The van der Waals surface area contributed by atoms with E-state index in [9.17, 15) is 98.4 Å². The SMILES string of the molecule is NC(=O)CC[C@H](N)C(=O)N[C@@H](Cc1ccc(O)cc1)C(=O)N[C@@H](CC(=O)O)C(=O)N[C@@H](CO)C(=O)N[C@@H](CO)C(=O)N[C@@H](CO)C(=O)N[C@@H](CC(=O)O)C(=O)N[C@@H](Cc1cnc[nH]1)C(=O)N[C@@H](Cc1ccc(O)cc1)C(=O)O. The molecule has 1 heterocycles. The van der Waals surface area contributed by atoms with Crippen LogP contribution >= 0.6 is 0 Å². The van der Waals surface area contributed by atoms with Crippen molar-refractivity contribution in [2.45, 2.75) is 99.3 Å². The fraction of sp³-hybridized carbons (Fsp3) is 0.413. The molecule has 0 aliphatic rings. The number of hydrogen-bond donors (Lipinski definition) is 19. The second-order valence-electron chi connectivity index (χ2n) is 17.2. The lowest BCUT2D eigenvalue weighted by Crippen LogP contribution is -2.62. The van der Waals surface area contributed by atoms with Crippen LogP contribution in [0.25, 0.3) is 0 Å². The Balaban J connectivity index is 1.74. The van der Waals surface area contributed by atoms with Gasteiger partial charge in [-0.1, -0.05) is 24.3 Å². The Kier molecular flexibility index (Phi) is 25.0. The molecule has 9 amide bonds. The molecule has 3 rings (SSSR count). The molecule has 424 valence electrons. The molecule has 0 aliphatic heterocycles. The zero-order valence-electron chi connectivity index (χ0n) is 41.1. The molecule has 78 heavy (non-hydrogen) atoms. The summed E-state index contributed by atoms with van der Waals surface area (Å²) < 4.78 is 0. The molecule has 0 unspecified atom stereocenters. The molecule has 0 bridgehead atoms. The number of carbonyl (C=O) groups excluding carboxylic acids is 9. The number of aromatic hydroxyl groups is 2. The van der Waals surface area contributed by atoms with Crippen molar-refractivity contribution >= 4 is 71.1 Å². The maximum Gasteiger partial charge on any atom is 0.326 e. The number of amides is 9. The van der Waals surface area contributed by atoms with Crippen molar-refractivity contribution < 1.29 is 98.4 Å². The van der Waals surface area contributed by atoms with E-state index in [-0.39, 0.29) is 49.3 Å². The van der Waals surface area contributed by atoms with Gasteiger partial charge in [0.2, 0.25) is 53.2 Å². The first-order chi connectivity index (χ1) is 36.8. The second kappa shape index (κ2) is 30.9. The summed E-state index contributed by atoms with van der Waals surface area (Å²) in [5.41, 5.74) is 11.9. The maximum absolute atomic E-state index is 13.6. The molecule has 3 aromatic rings. The van der Waals surface area contributed by atoms with Crippen LogP contribution in [0.1, 0.15) is 42.5 Å². The Labute approximate surface area is 441 Å². The predicted octanol–water partition coefficient (Wildman–Crippen LogP) is -7.67. The number of primary amides is 1. The van der Waals surface area contributed by atoms with Gasteiger partial charge < -0.3 is 99.8 Å². The molecule has 21 N–H and O–H groups in total. The molecule has 32 heteroatoms. The Morgan fingerprint density at radius 3 is 1.17 bits per heavy atom. The quantitative estimate of drug-likeness (QED) is 0.0269. The number of aromatic amines is 1. The van der Waals surface area contributed by atoms with Gasteiger partial charge in [0, 0.05) is 37.6 Å². The van der Waals surface area contributed by atoms with E-state index >= 15 is 0 Å². The van der Waals surface area contributed by atoms with Crippen molar-refractivity contribution in [3.63, 3.8) is 0 Å². The average molecular weight is 1100 g/mol. The Morgan fingerprint density at radius 2 is 0.808 bits per heavy atom. The summed E-state index contributed by atoms with van der Waals surface area (Å²) in [4.78, 5) is 161. The molecule has 0 spiro atoms. The van der Waals surface area contributed by atoms with Crippen molar-refractivity contribution in [3.8, 4) is 11.5 Å². The number of aliphatic hydroxyl groups is 3. The monoisotopic (exact) mass is 1100 g/mol. The molecule has 32 nitrogen and oxygen atoms in total. The van der Waals surface area contributed by atoms with Crippen LogP contribution in [0.15, 0.2) is 61.1 Å². The lowest BCUT2D eigenvalue weighted by molar-refractivity contribution is -0.143. The van der Waals surface area contributed by atoms with Crippen LogP contribution in [0.2, 0.25) is 0 Å². The topological polar surface area (TPSA) is 544 Å². The number of aliphatic hydroxyl groups excluding tert-OH is 3. The van der Waals surface area contributed by atoms with Crippen LogP contribution < -0.4 is 54.0 Å². The molecule has 0 aliphatic carbocycles. The zero-order valence-corrected chi connectivity index (χ0v) is 41.1. The number of imidazole rings is 1. The summed E-state index contributed by atoms with van der Waals surface area (Å²) in [6.45, 7) is -3.82. The maximum atomic E-state index is 13.6. The van der Waals surface area contributed by atoms with E-state index in [0.29, 0.717) is 11.1 Å². The fourth-order valence-corrected chi connectivity index (χ4v) is 6.93. The largest absolute Gasteiger partial charge is 0.508 e. The minimum Gasteiger partial charge on any atom is -0.508 e. The number of H-pyrrole nitrogens is 1. The van der Waals surface area contributed by atoms with Crippen LogP contribution in [-0.4, -0.2) is 196 Å². The van der Waals surface area contributed by atoms with Crippen LogP contribution in [0, 0.1) is 0 Å².